The molecule has 0 amide bonds. The Morgan fingerprint density at radius 3 is 3.05 bits per heavy atom. The van der Waals surface area contributed by atoms with Crippen molar-refractivity contribution in [2.24, 2.45) is 12.2 Å². The van der Waals surface area contributed by atoms with E-state index in [0.29, 0.717) is 6.61 Å². The zero-order valence-corrected chi connectivity index (χ0v) is 11.4. The SMILES string of the molecule is Cn1cc(CCOc2cccc3c2CC/C3=N\O)cn1. The van der Waals surface area contributed by atoms with Crippen molar-refractivity contribution in [1.82, 2.24) is 9.78 Å². The van der Waals surface area contributed by atoms with Gasteiger partial charge in [-0.2, -0.15) is 5.10 Å². The van der Waals surface area contributed by atoms with Crippen LogP contribution in [0.4, 0.5) is 0 Å². The lowest BCUT2D eigenvalue weighted by molar-refractivity contribution is 0.318. The summed E-state index contributed by atoms with van der Waals surface area (Å²) in [7, 11) is 1.91. The first kappa shape index (κ1) is 12.7. The second-order valence-electron chi connectivity index (χ2n) is 4.95. The third kappa shape index (κ3) is 2.39. The van der Waals surface area contributed by atoms with E-state index in [0.717, 1.165) is 47.4 Å². The first-order chi connectivity index (χ1) is 9.78. The average molecular weight is 271 g/mol. The highest BCUT2D eigenvalue weighted by Crippen LogP contribution is 2.30. The van der Waals surface area contributed by atoms with E-state index < -0.39 is 0 Å². The first-order valence-electron chi connectivity index (χ1n) is 6.71. The van der Waals surface area contributed by atoms with E-state index in [1.54, 1.807) is 4.68 Å². The molecule has 0 unspecified atom stereocenters. The molecule has 1 N–H and O–H groups in total. The summed E-state index contributed by atoms with van der Waals surface area (Å²) in [5.41, 5.74) is 4.06. The van der Waals surface area contributed by atoms with Crippen molar-refractivity contribution < 1.29 is 9.94 Å². The topological polar surface area (TPSA) is 59.6 Å². The molecule has 0 fully saturated rings. The average Bonchev–Trinajstić information content (AvgIpc) is 3.05. The number of aromatic nitrogens is 2. The lowest BCUT2D eigenvalue weighted by atomic mass is 10.1. The molecule has 0 saturated heterocycles. The maximum absolute atomic E-state index is 8.97. The monoisotopic (exact) mass is 271 g/mol. The van der Waals surface area contributed by atoms with Gasteiger partial charge in [0.2, 0.25) is 0 Å². The molecule has 1 aromatic heterocycles. The molecular formula is C15H17N3O2. The molecule has 0 atom stereocenters. The van der Waals surface area contributed by atoms with Gasteiger partial charge >= 0.3 is 0 Å². The largest absolute Gasteiger partial charge is 0.493 e. The summed E-state index contributed by atoms with van der Waals surface area (Å²) in [6.07, 6.45) is 6.33. The number of benzene rings is 1. The van der Waals surface area contributed by atoms with Crippen LogP contribution in [0.5, 0.6) is 5.75 Å². The van der Waals surface area contributed by atoms with Crippen LogP contribution in [0.2, 0.25) is 0 Å². The molecule has 1 heterocycles. The zero-order valence-electron chi connectivity index (χ0n) is 11.4. The molecule has 1 aliphatic carbocycles. The summed E-state index contributed by atoms with van der Waals surface area (Å²) in [6, 6.07) is 5.89. The minimum absolute atomic E-state index is 0.619. The highest BCUT2D eigenvalue weighted by atomic mass is 16.5. The standard InChI is InChI=1S/C15H17N3O2/c1-18-10-11(9-16-18)7-8-20-15-4-2-3-12-13(15)5-6-14(12)17-19/h2-4,9-10,19H,5-8H2,1H3/b17-14+. The summed E-state index contributed by atoms with van der Waals surface area (Å²) in [4.78, 5) is 0. The van der Waals surface area contributed by atoms with Crippen LogP contribution in [0, 0.1) is 0 Å². The molecule has 1 aliphatic rings. The molecule has 0 aliphatic heterocycles. The lowest BCUT2D eigenvalue weighted by Crippen LogP contribution is -2.03. The molecule has 5 nitrogen and oxygen atoms in total. The molecule has 0 saturated carbocycles. The van der Waals surface area contributed by atoms with Crippen molar-refractivity contribution in [3.63, 3.8) is 0 Å². The maximum atomic E-state index is 8.97. The van der Waals surface area contributed by atoms with Crippen molar-refractivity contribution in [2.45, 2.75) is 19.3 Å². The second-order valence-corrected chi connectivity index (χ2v) is 4.95. The smallest absolute Gasteiger partial charge is 0.123 e. The summed E-state index contributed by atoms with van der Waals surface area (Å²) >= 11 is 0. The summed E-state index contributed by atoms with van der Waals surface area (Å²) in [6.45, 7) is 0.619. The molecule has 20 heavy (non-hydrogen) atoms. The van der Waals surface area contributed by atoms with Gasteiger partial charge < -0.3 is 9.94 Å². The fourth-order valence-electron chi connectivity index (χ4n) is 2.59. The fraction of sp³-hybridized carbons (Fsp3) is 0.333. The van der Waals surface area contributed by atoms with Crippen LogP contribution in [0.25, 0.3) is 0 Å². The minimum Gasteiger partial charge on any atom is -0.493 e. The molecule has 3 rings (SSSR count). The molecular weight excluding hydrogens is 254 g/mol. The number of ether oxygens (including phenoxy) is 1. The summed E-state index contributed by atoms with van der Waals surface area (Å²) in [5.74, 6) is 0.894. The fourth-order valence-corrected chi connectivity index (χ4v) is 2.59. The lowest BCUT2D eigenvalue weighted by Gasteiger charge is -2.09. The maximum Gasteiger partial charge on any atom is 0.123 e. The number of aryl methyl sites for hydroxylation is 1. The van der Waals surface area contributed by atoms with E-state index in [-0.39, 0.29) is 0 Å². The van der Waals surface area contributed by atoms with E-state index >= 15 is 0 Å². The Kier molecular flexibility index (Phi) is 3.41. The summed E-state index contributed by atoms with van der Waals surface area (Å²) < 4.78 is 7.67. The van der Waals surface area contributed by atoms with Crippen LogP contribution in [-0.4, -0.2) is 27.3 Å². The van der Waals surface area contributed by atoms with Gasteiger partial charge in [-0.25, -0.2) is 0 Å². The van der Waals surface area contributed by atoms with Crippen LogP contribution < -0.4 is 4.74 Å². The van der Waals surface area contributed by atoms with E-state index in [1.165, 1.54) is 0 Å². The Balaban J connectivity index is 1.68. The van der Waals surface area contributed by atoms with Gasteiger partial charge in [0, 0.05) is 30.8 Å². The second kappa shape index (κ2) is 5.36. The molecule has 1 aromatic carbocycles. The number of hydrogen-bond acceptors (Lipinski definition) is 4. The molecule has 0 bridgehead atoms. The first-order valence-corrected chi connectivity index (χ1v) is 6.71. The van der Waals surface area contributed by atoms with Crippen molar-refractivity contribution in [3.05, 3.63) is 47.3 Å². The van der Waals surface area contributed by atoms with Gasteiger partial charge in [-0.3, -0.25) is 4.68 Å². The number of oxime groups is 1. The van der Waals surface area contributed by atoms with Crippen LogP contribution in [0.1, 0.15) is 23.1 Å². The number of fused-ring (bicyclic) bond motifs is 1. The van der Waals surface area contributed by atoms with Gasteiger partial charge in [-0.05, 0) is 24.5 Å². The summed E-state index contributed by atoms with van der Waals surface area (Å²) in [5, 5.41) is 16.5. The van der Waals surface area contributed by atoms with Gasteiger partial charge in [-0.1, -0.05) is 17.3 Å². The van der Waals surface area contributed by atoms with E-state index in [9.17, 15) is 0 Å². The third-order valence-corrected chi connectivity index (χ3v) is 3.58. The van der Waals surface area contributed by atoms with Gasteiger partial charge in [0.05, 0.1) is 18.5 Å². The molecule has 0 spiro atoms. The van der Waals surface area contributed by atoms with E-state index in [4.69, 9.17) is 9.94 Å². The van der Waals surface area contributed by atoms with Crippen LogP contribution in [-0.2, 0) is 19.9 Å². The van der Waals surface area contributed by atoms with Crippen molar-refractivity contribution in [3.8, 4) is 5.75 Å². The van der Waals surface area contributed by atoms with Gasteiger partial charge in [-0.15, -0.1) is 0 Å². The predicted octanol–water partition coefficient (Wildman–Crippen LogP) is 2.17. The number of hydrogen-bond donors (Lipinski definition) is 1. The Bertz CT molecular complexity index is 646. The van der Waals surface area contributed by atoms with Gasteiger partial charge in [0.25, 0.3) is 0 Å². The Morgan fingerprint density at radius 1 is 1.40 bits per heavy atom. The van der Waals surface area contributed by atoms with E-state index in [2.05, 4.69) is 10.3 Å². The molecule has 0 radical (unpaired) electrons. The van der Waals surface area contributed by atoms with Crippen molar-refractivity contribution in [2.75, 3.05) is 6.61 Å². The Morgan fingerprint density at radius 2 is 2.30 bits per heavy atom. The molecule has 2 aromatic rings. The van der Waals surface area contributed by atoms with Gasteiger partial charge in [0.15, 0.2) is 0 Å². The highest BCUT2D eigenvalue weighted by Gasteiger charge is 2.21. The zero-order chi connectivity index (χ0) is 13.9. The molecule has 5 heteroatoms. The third-order valence-electron chi connectivity index (χ3n) is 3.58. The predicted molar refractivity (Wildman–Crippen MR) is 75.5 cm³/mol. The van der Waals surface area contributed by atoms with E-state index in [1.807, 2.05) is 37.6 Å². The van der Waals surface area contributed by atoms with Crippen LogP contribution >= 0.6 is 0 Å². The number of nitrogens with zero attached hydrogens (tertiary/aromatic N) is 3. The van der Waals surface area contributed by atoms with Crippen molar-refractivity contribution >= 4 is 5.71 Å². The van der Waals surface area contributed by atoms with Crippen LogP contribution in [0.3, 0.4) is 0 Å². The van der Waals surface area contributed by atoms with Crippen molar-refractivity contribution in [1.29, 1.82) is 0 Å². The van der Waals surface area contributed by atoms with Crippen LogP contribution in [0.15, 0.2) is 35.7 Å². The van der Waals surface area contributed by atoms with Gasteiger partial charge in [0.1, 0.15) is 5.75 Å². The minimum atomic E-state index is 0.619. The quantitative estimate of drug-likeness (QED) is 0.685. The Hall–Kier alpha value is -2.30. The number of rotatable bonds is 4. The Labute approximate surface area is 117 Å². The molecule has 104 valence electrons. The highest BCUT2D eigenvalue weighted by molar-refractivity contribution is 6.04. The normalized spacial score (nSPS) is 15.6.